The van der Waals surface area contributed by atoms with Gasteiger partial charge in [0.2, 0.25) is 5.91 Å². The van der Waals surface area contributed by atoms with Crippen molar-refractivity contribution in [3.8, 4) is 0 Å². The van der Waals surface area contributed by atoms with Crippen LogP contribution in [0.15, 0.2) is 84.5 Å². The summed E-state index contributed by atoms with van der Waals surface area (Å²) in [5.74, 6) is -0.0887. The van der Waals surface area contributed by atoms with Gasteiger partial charge in [-0.15, -0.1) is 0 Å². The number of nitrogens with zero attached hydrogens (tertiary/aromatic N) is 2. The summed E-state index contributed by atoms with van der Waals surface area (Å²) < 4.78 is 0. The number of fused-ring (bicyclic) bond motifs is 2. The SMILES string of the molecule is CC1(C)[C@@H]2CC(C(O)C3C=CC4C(=O)N(c5ccccc5)C(=O)C4N3Nc3ccccc3)=C[C@H]1C2. The predicted octanol–water partition coefficient (Wildman–Crippen LogP) is 4.17. The first kappa shape index (κ1) is 22.3. The van der Waals surface area contributed by atoms with E-state index in [1.807, 2.05) is 60.7 Å². The zero-order chi connectivity index (χ0) is 24.3. The molecule has 5 aliphatic rings. The van der Waals surface area contributed by atoms with Crippen molar-refractivity contribution in [1.29, 1.82) is 0 Å². The number of imide groups is 1. The standard InChI is InChI=1S/C29H31N3O3/c1-29(2)19-15-18(16-20(29)17-19)26(33)24-14-13-23-25(32(24)30-21-9-5-3-6-10-21)28(35)31(27(23)34)22-11-7-4-8-12-22/h3-15,19-20,23-26,30,33H,16-17H2,1-2H3/t19-,20+,23?,24?,25?,26?/m0/s1. The Morgan fingerprint density at radius 3 is 2.29 bits per heavy atom. The summed E-state index contributed by atoms with van der Waals surface area (Å²) in [7, 11) is 0. The minimum atomic E-state index is -0.765. The van der Waals surface area contributed by atoms with Gasteiger partial charge in [-0.25, -0.2) is 9.91 Å². The van der Waals surface area contributed by atoms with Crippen LogP contribution in [0.3, 0.4) is 0 Å². The van der Waals surface area contributed by atoms with Gasteiger partial charge in [-0.1, -0.05) is 68.5 Å². The van der Waals surface area contributed by atoms with Crippen LogP contribution in [-0.4, -0.2) is 40.1 Å². The lowest BCUT2D eigenvalue weighted by atomic mass is 9.49. The van der Waals surface area contributed by atoms with Gasteiger partial charge in [-0.05, 0) is 59.9 Å². The van der Waals surface area contributed by atoms with Crippen molar-refractivity contribution in [3.63, 3.8) is 0 Å². The molecule has 2 fully saturated rings. The average molecular weight is 470 g/mol. The Bertz CT molecular complexity index is 1210. The highest BCUT2D eigenvalue weighted by Crippen LogP contribution is 2.58. The zero-order valence-corrected chi connectivity index (χ0v) is 20.0. The van der Waals surface area contributed by atoms with Crippen LogP contribution in [0.2, 0.25) is 0 Å². The second-order valence-corrected chi connectivity index (χ2v) is 10.8. The zero-order valence-electron chi connectivity index (χ0n) is 20.0. The molecule has 2 bridgehead atoms. The molecule has 2 amide bonds. The molecule has 6 nitrogen and oxygen atoms in total. The van der Waals surface area contributed by atoms with Crippen LogP contribution in [0.25, 0.3) is 0 Å². The molecular weight excluding hydrogens is 438 g/mol. The Balaban J connectivity index is 1.36. The average Bonchev–Trinajstić information content (AvgIpc) is 3.14. The highest BCUT2D eigenvalue weighted by molar-refractivity contribution is 6.24. The Hall–Kier alpha value is -3.22. The van der Waals surface area contributed by atoms with E-state index in [-0.39, 0.29) is 17.2 Å². The van der Waals surface area contributed by atoms with E-state index >= 15 is 0 Å². The van der Waals surface area contributed by atoms with Gasteiger partial charge in [0, 0.05) is 5.69 Å². The summed E-state index contributed by atoms with van der Waals surface area (Å²) >= 11 is 0. The summed E-state index contributed by atoms with van der Waals surface area (Å²) in [5, 5.41) is 13.4. The van der Waals surface area contributed by atoms with Gasteiger partial charge in [0.25, 0.3) is 5.91 Å². The molecule has 2 aromatic carbocycles. The van der Waals surface area contributed by atoms with Gasteiger partial charge in [0.15, 0.2) is 0 Å². The van der Waals surface area contributed by atoms with Crippen LogP contribution >= 0.6 is 0 Å². The smallest absolute Gasteiger partial charge is 0.254 e. The second-order valence-electron chi connectivity index (χ2n) is 10.8. The van der Waals surface area contributed by atoms with E-state index in [1.165, 1.54) is 11.3 Å². The Morgan fingerprint density at radius 1 is 0.971 bits per heavy atom. The number of benzene rings is 2. The first-order chi connectivity index (χ1) is 16.9. The number of amides is 2. The van der Waals surface area contributed by atoms with Crippen molar-refractivity contribution < 1.29 is 14.7 Å². The predicted molar refractivity (Wildman–Crippen MR) is 135 cm³/mol. The molecule has 6 atom stereocenters. The van der Waals surface area contributed by atoms with Crippen LogP contribution in [0.1, 0.15) is 26.7 Å². The summed E-state index contributed by atoms with van der Waals surface area (Å²) in [6, 6.07) is 17.4. The molecular formula is C29H31N3O3. The van der Waals surface area contributed by atoms with Crippen LogP contribution in [0.4, 0.5) is 11.4 Å². The summed E-state index contributed by atoms with van der Waals surface area (Å²) in [4.78, 5) is 28.4. The maximum absolute atomic E-state index is 13.7. The molecule has 2 aliphatic heterocycles. The third kappa shape index (κ3) is 3.46. The maximum atomic E-state index is 13.7. The third-order valence-electron chi connectivity index (χ3n) is 8.65. The normalized spacial score (nSPS) is 32.0. The van der Waals surface area contributed by atoms with E-state index < -0.39 is 24.1 Å². The number of aliphatic hydroxyl groups is 1. The lowest BCUT2D eigenvalue weighted by Crippen LogP contribution is -2.58. The maximum Gasteiger partial charge on any atom is 0.254 e. The van der Waals surface area contributed by atoms with Crippen molar-refractivity contribution >= 4 is 23.2 Å². The number of carbonyl (C=O) groups is 2. The van der Waals surface area contributed by atoms with Crippen LogP contribution in [0.5, 0.6) is 0 Å². The Labute approximate surface area is 205 Å². The topological polar surface area (TPSA) is 72.9 Å². The van der Waals surface area contributed by atoms with Gasteiger partial charge in [0.1, 0.15) is 6.04 Å². The Morgan fingerprint density at radius 2 is 1.66 bits per heavy atom. The quantitative estimate of drug-likeness (QED) is 0.508. The number of rotatable bonds is 5. The monoisotopic (exact) mass is 469 g/mol. The summed E-state index contributed by atoms with van der Waals surface area (Å²) in [6.07, 6.45) is 7.25. The number of allylic oxidation sites excluding steroid dienone is 1. The molecule has 2 heterocycles. The molecule has 1 saturated carbocycles. The van der Waals surface area contributed by atoms with E-state index in [4.69, 9.17) is 0 Å². The molecule has 6 heteroatoms. The van der Waals surface area contributed by atoms with E-state index in [9.17, 15) is 14.7 Å². The molecule has 35 heavy (non-hydrogen) atoms. The first-order valence-corrected chi connectivity index (χ1v) is 12.5. The number of nitrogens with one attached hydrogen (secondary N) is 1. The minimum absolute atomic E-state index is 0.241. The lowest BCUT2D eigenvalue weighted by Gasteiger charge is -2.56. The molecule has 7 rings (SSSR count). The highest BCUT2D eigenvalue weighted by atomic mass is 16.3. The van der Waals surface area contributed by atoms with Crippen molar-refractivity contribution in [2.75, 3.05) is 10.3 Å². The molecule has 180 valence electrons. The van der Waals surface area contributed by atoms with E-state index in [0.29, 0.717) is 17.5 Å². The van der Waals surface area contributed by atoms with Crippen LogP contribution in [-0.2, 0) is 9.59 Å². The number of hydrogen-bond acceptors (Lipinski definition) is 5. The minimum Gasteiger partial charge on any atom is -0.387 e. The lowest BCUT2D eigenvalue weighted by molar-refractivity contribution is -0.123. The molecule has 0 radical (unpaired) electrons. The number of hydrogen-bond donors (Lipinski definition) is 2. The largest absolute Gasteiger partial charge is 0.387 e. The summed E-state index contributed by atoms with van der Waals surface area (Å²) in [6.45, 7) is 4.61. The van der Waals surface area contributed by atoms with E-state index in [1.54, 1.807) is 17.1 Å². The van der Waals surface area contributed by atoms with Gasteiger partial charge in [-0.2, -0.15) is 0 Å². The first-order valence-electron chi connectivity index (χ1n) is 12.5. The number of hydrazine groups is 1. The fourth-order valence-corrected chi connectivity index (χ4v) is 6.30. The number of aliphatic hydroxyl groups excluding tert-OH is 1. The van der Waals surface area contributed by atoms with Gasteiger partial charge >= 0.3 is 0 Å². The second kappa shape index (κ2) is 8.18. The fourth-order valence-electron chi connectivity index (χ4n) is 6.30. The molecule has 3 aliphatic carbocycles. The molecule has 2 aromatic rings. The molecule has 4 unspecified atom stereocenters. The van der Waals surface area contributed by atoms with Crippen LogP contribution < -0.4 is 10.3 Å². The van der Waals surface area contributed by atoms with Gasteiger partial charge in [-0.3, -0.25) is 9.59 Å². The van der Waals surface area contributed by atoms with Crippen molar-refractivity contribution in [3.05, 3.63) is 84.5 Å². The van der Waals surface area contributed by atoms with Crippen molar-refractivity contribution in [2.24, 2.45) is 23.2 Å². The molecule has 2 N–H and O–H groups in total. The highest BCUT2D eigenvalue weighted by Gasteiger charge is 2.55. The fraction of sp³-hybridized carbons (Fsp3) is 0.379. The third-order valence-corrected chi connectivity index (χ3v) is 8.65. The van der Waals surface area contributed by atoms with E-state index in [2.05, 4.69) is 25.3 Å². The van der Waals surface area contributed by atoms with Crippen molar-refractivity contribution in [1.82, 2.24) is 5.01 Å². The van der Waals surface area contributed by atoms with Crippen molar-refractivity contribution in [2.45, 2.75) is 44.9 Å². The van der Waals surface area contributed by atoms with Gasteiger partial charge in [0.05, 0.1) is 23.8 Å². The number of para-hydroxylation sites is 2. The van der Waals surface area contributed by atoms with Gasteiger partial charge < -0.3 is 10.5 Å². The summed E-state index contributed by atoms with van der Waals surface area (Å²) in [5.41, 5.74) is 6.07. The van der Waals surface area contributed by atoms with Crippen LogP contribution in [0, 0.1) is 23.2 Å². The Kier molecular flexibility index (Phi) is 5.20. The number of anilines is 2. The van der Waals surface area contributed by atoms with E-state index in [0.717, 1.165) is 17.7 Å². The molecule has 1 saturated heterocycles. The molecule has 0 spiro atoms. The number of carbonyl (C=O) groups excluding carboxylic acids is 2. The molecule has 0 aromatic heterocycles.